The molecule has 1 saturated heterocycles. The smallest absolute Gasteiger partial charge is 0.312 e. The van der Waals surface area contributed by atoms with Crippen LogP contribution in [-0.4, -0.2) is 61.4 Å². The van der Waals surface area contributed by atoms with Gasteiger partial charge in [-0.15, -0.1) is 0 Å². The summed E-state index contributed by atoms with van der Waals surface area (Å²) in [5.74, 6) is 0. The molecule has 4 N–H and O–H groups in total. The normalized spacial score (nSPS) is 17.8. The van der Waals surface area contributed by atoms with E-state index in [1.54, 1.807) is 0 Å². The van der Waals surface area contributed by atoms with Crippen molar-refractivity contribution in [2.75, 3.05) is 44.2 Å². The number of nitrogens with one attached hydrogen (secondary N) is 1. The first-order chi connectivity index (χ1) is 9.65. The fourth-order valence-corrected chi connectivity index (χ4v) is 2.41. The van der Waals surface area contributed by atoms with Crippen LogP contribution in [0.25, 0.3) is 0 Å². The van der Waals surface area contributed by atoms with Gasteiger partial charge in [-0.1, -0.05) is 18.2 Å². The number of urea groups is 1. The van der Waals surface area contributed by atoms with Crippen molar-refractivity contribution in [1.82, 2.24) is 10.2 Å². The van der Waals surface area contributed by atoms with Gasteiger partial charge >= 0.3 is 6.03 Å². The molecule has 0 bridgehead atoms. The molecule has 1 aliphatic heterocycles. The Balaban J connectivity index is 1.73. The molecule has 0 aromatic heterocycles. The Kier molecular flexibility index (Phi) is 5.20. The van der Waals surface area contributed by atoms with Crippen LogP contribution in [0.2, 0.25) is 0 Å². The number of benzene rings is 1. The number of aliphatic hydroxyl groups excluding tert-OH is 1. The highest BCUT2D eigenvalue weighted by atomic mass is 16.3. The Morgan fingerprint density at radius 3 is 2.50 bits per heavy atom. The van der Waals surface area contributed by atoms with Crippen LogP contribution in [0.5, 0.6) is 0 Å². The molecular weight excluding hydrogens is 256 g/mol. The number of carbonyl (C=O) groups is 1. The van der Waals surface area contributed by atoms with Gasteiger partial charge in [0.1, 0.15) is 0 Å². The summed E-state index contributed by atoms with van der Waals surface area (Å²) in [4.78, 5) is 15.1. The van der Waals surface area contributed by atoms with E-state index in [2.05, 4.69) is 27.2 Å². The molecule has 2 amide bonds. The third-order valence-electron chi connectivity index (χ3n) is 3.47. The maximum Gasteiger partial charge on any atom is 0.312 e. The second kappa shape index (κ2) is 7.12. The van der Waals surface area contributed by atoms with Gasteiger partial charge in [0.2, 0.25) is 0 Å². The Bertz CT molecular complexity index is 418. The molecule has 1 unspecified atom stereocenters. The van der Waals surface area contributed by atoms with E-state index in [1.807, 2.05) is 18.2 Å². The third kappa shape index (κ3) is 4.40. The average Bonchev–Trinajstić information content (AvgIpc) is 2.47. The van der Waals surface area contributed by atoms with Crippen LogP contribution in [0.4, 0.5) is 10.5 Å². The molecule has 1 fully saturated rings. The van der Waals surface area contributed by atoms with Crippen LogP contribution >= 0.6 is 0 Å². The average molecular weight is 278 g/mol. The zero-order valence-corrected chi connectivity index (χ0v) is 11.5. The highest BCUT2D eigenvalue weighted by Gasteiger charge is 2.19. The van der Waals surface area contributed by atoms with Crippen molar-refractivity contribution in [3.63, 3.8) is 0 Å². The molecule has 1 heterocycles. The molecule has 6 heteroatoms. The van der Waals surface area contributed by atoms with Crippen LogP contribution in [0.1, 0.15) is 0 Å². The monoisotopic (exact) mass is 278 g/mol. The zero-order valence-electron chi connectivity index (χ0n) is 11.5. The van der Waals surface area contributed by atoms with Crippen LogP contribution in [0.15, 0.2) is 30.3 Å². The van der Waals surface area contributed by atoms with E-state index in [0.29, 0.717) is 6.54 Å². The van der Waals surface area contributed by atoms with Gasteiger partial charge in [0.05, 0.1) is 6.10 Å². The molecule has 0 aliphatic carbocycles. The van der Waals surface area contributed by atoms with E-state index in [-0.39, 0.29) is 6.54 Å². The molecular formula is C14H22N4O2. The molecule has 20 heavy (non-hydrogen) atoms. The Morgan fingerprint density at radius 2 is 1.90 bits per heavy atom. The predicted octanol–water partition coefficient (Wildman–Crippen LogP) is -0.162. The molecule has 0 radical (unpaired) electrons. The standard InChI is InChI=1S/C14H22N4O2/c15-14(20)16-10-13(19)11-17-6-8-18(9-7-17)12-4-2-1-3-5-12/h1-5,13,19H,6-11H2,(H3,15,16,20). The molecule has 110 valence electrons. The minimum Gasteiger partial charge on any atom is -0.390 e. The van der Waals surface area contributed by atoms with Gasteiger partial charge in [-0.25, -0.2) is 4.79 Å². The lowest BCUT2D eigenvalue weighted by atomic mass is 10.2. The fraction of sp³-hybridized carbons (Fsp3) is 0.500. The van der Waals surface area contributed by atoms with Crippen molar-refractivity contribution in [2.45, 2.75) is 6.10 Å². The minimum atomic E-state index is -0.599. The first kappa shape index (κ1) is 14.6. The highest BCUT2D eigenvalue weighted by Crippen LogP contribution is 2.15. The number of para-hydroxylation sites is 1. The Morgan fingerprint density at radius 1 is 1.25 bits per heavy atom. The first-order valence-corrected chi connectivity index (χ1v) is 6.89. The van der Waals surface area contributed by atoms with Crippen LogP contribution in [0.3, 0.4) is 0 Å². The zero-order chi connectivity index (χ0) is 14.4. The van der Waals surface area contributed by atoms with Gasteiger partial charge in [0, 0.05) is 45.0 Å². The van der Waals surface area contributed by atoms with Crippen molar-refractivity contribution < 1.29 is 9.90 Å². The van der Waals surface area contributed by atoms with Crippen molar-refractivity contribution in [3.05, 3.63) is 30.3 Å². The number of hydrogen-bond donors (Lipinski definition) is 3. The molecule has 0 saturated carbocycles. The SMILES string of the molecule is NC(=O)NCC(O)CN1CCN(c2ccccc2)CC1. The van der Waals surface area contributed by atoms with E-state index >= 15 is 0 Å². The summed E-state index contributed by atoms with van der Waals surface area (Å²) < 4.78 is 0. The maximum atomic E-state index is 10.6. The number of carbonyl (C=O) groups excluding carboxylic acids is 1. The van der Waals surface area contributed by atoms with Crippen LogP contribution in [0, 0.1) is 0 Å². The number of piperazine rings is 1. The van der Waals surface area contributed by atoms with E-state index in [0.717, 1.165) is 26.2 Å². The third-order valence-corrected chi connectivity index (χ3v) is 3.47. The fourth-order valence-electron chi connectivity index (χ4n) is 2.41. The van der Waals surface area contributed by atoms with Gasteiger partial charge in [0.25, 0.3) is 0 Å². The Hall–Kier alpha value is -1.79. The number of anilines is 1. The number of aliphatic hydroxyl groups is 1. The van der Waals surface area contributed by atoms with Crippen LogP contribution < -0.4 is 16.0 Å². The molecule has 1 atom stereocenters. The lowest BCUT2D eigenvalue weighted by molar-refractivity contribution is 0.109. The minimum absolute atomic E-state index is 0.203. The molecule has 1 aliphatic rings. The second-order valence-electron chi connectivity index (χ2n) is 5.02. The quantitative estimate of drug-likeness (QED) is 0.699. The lowest BCUT2D eigenvalue weighted by Gasteiger charge is -2.36. The maximum absolute atomic E-state index is 10.6. The summed E-state index contributed by atoms with van der Waals surface area (Å²) in [6, 6.07) is 9.73. The largest absolute Gasteiger partial charge is 0.390 e. The number of hydrogen-bond acceptors (Lipinski definition) is 4. The summed E-state index contributed by atoms with van der Waals surface area (Å²) in [5.41, 5.74) is 6.21. The van der Waals surface area contributed by atoms with Gasteiger partial charge < -0.3 is 21.1 Å². The van der Waals surface area contributed by atoms with Crippen LogP contribution in [-0.2, 0) is 0 Å². The van der Waals surface area contributed by atoms with Gasteiger partial charge in [-0.3, -0.25) is 4.90 Å². The summed E-state index contributed by atoms with van der Waals surface area (Å²) >= 11 is 0. The predicted molar refractivity (Wildman–Crippen MR) is 78.7 cm³/mol. The first-order valence-electron chi connectivity index (χ1n) is 6.89. The molecule has 2 rings (SSSR count). The number of β-amino-alcohol motifs (C(OH)–C–C–N with tert-alkyl or cyclic N) is 1. The molecule has 0 spiro atoms. The van der Waals surface area contributed by atoms with Crippen molar-refractivity contribution in [1.29, 1.82) is 0 Å². The van der Waals surface area contributed by atoms with Crippen molar-refractivity contribution in [3.8, 4) is 0 Å². The topological polar surface area (TPSA) is 81.8 Å². The highest BCUT2D eigenvalue weighted by molar-refractivity contribution is 5.71. The summed E-state index contributed by atoms with van der Waals surface area (Å²) in [6.07, 6.45) is -0.578. The number of amides is 2. The lowest BCUT2D eigenvalue weighted by Crippen LogP contribution is -2.50. The number of primary amides is 1. The van der Waals surface area contributed by atoms with E-state index in [4.69, 9.17) is 5.73 Å². The van der Waals surface area contributed by atoms with E-state index in [9.17, 15) is 9.90 Å². The number of nitrogens with zero attached hydrogens (tertiary/aromatic N) is 2. The summed E-state index contributed by atoms with van der Waals surface area (Å²) in [6.45, 7) is 4.46. The molecule has 6 nitrogen and oxygen atoms in total. The number of nitrogens with two attached hydrogens (primary N) is 1. The molecule has 1 aromatic rings. The summed E-state index contributed by atoms with van der Waals surface area (Å²) in [7, 11) is 0. The van der Waals surface area contributed by atoms with Gasteiger partial charge in [-0.05, 0) is 12.1 Å². The van der Waals surface area contributed by atoms with Gasteiger partial charge in [-0.2, -0.15) is 0 Å². The van der Waals surface area contributed by atoms with Crippen molar-refractivity contribution in [2.24, 2.45) is 5.73 Å². The Labute approximate surface area is 119 Å². The second-order valence-corrected chi connectivity index (χ2v) is 5.02. The number of rotatable bonds is 5. The molecule has 1 aromatic carbocycles. The van der Waals surface area contributed by atoms with E-state index in [1.165, 1.54) is 5.69 Å². The summed E-state index contributed by atoms with van der Waals surface area (Å²) in [5, 5.41) is 12.2. The van der Waals surface area contributed by atoms with Gasteiger partial charge in [0.15, 0.2) is 0 Å². The van der Waals surface area contributed by atoms with Crippen molar-refractivity contribution >= 4 is 11.7 Å². The van der Waals surface area contributed by atoms with E-state index < -0.39 is 12.1 Å².